The molecule has 0 bridgehead atoms. The molecule has 0 aliphatic heterocycles. The Labute approximate surface area is 175 Å². The quantitative estimate of drug-likeness (QED) is 0.546. The Bertz CT molecular complexity index is 887. The van der Waals surface area contributed by atoms with Crippen molar-refractivity contribution in [2.45, 2.75) is 48.6 Å². The summed E-state index contributed by atoms with van der Waals surface area (Å²) in [4.78, 5) is 12.6. The van der Waals surface area contributed by atoms with Crippen LogP contribution in [-0.2, 0) is 4.79 Å². The smallest absolute Gasteiger partial charge is 0.233 e. The molecule has 1 aliphatic carbocycles. The maximum Gasteiger partial charge on any atom is 0.233 e. The Balaban J connectivity index is 1.34. The number of carbonyl (C=O) groups excluding carboxylic acids is 1. The van der Waals surface area contributed by atoms with E-state index in [1.807, 2.05) is 23.7 Å². The minimum atomic E-state index is -0.245. The first-order chi connectivity index (χ1) is 14.2. The molecule has 7 heteroatoms. The fourth-order valence-corrected chi connectivity index (χ4v) is 4.29. The van der Waals surface area contributed by atoms with Crippen molar-refractivity contribution in [2.75, 3.05) is 6.54 Å². The lowest BCUT2D eigenvalue weighted by atomic mass is 9.88. The Morgan fingerprint density at radius 2 is 1.72 bits per heavy atom. The van der Waals surface area contributed by atoms with E-state index in [1.54, 1.807) is 0 Å². The molecule has 0 radical (unpaired) electrons. The summed E-state index contributed by atoms with van der Waals surface area (Å²) < 4.78 is 1.84. The molecular formula is C22H25N5OS. The van der Waals surface area contributed by atoms with E-state index in [9.17, 15) is 4.79 Å². The molecule has 150 valence electrons. The molecule has 3 aromatic rings. The summed E-state index contributed by atoms with van der Waals surface area (Å²) in [5.41, 5.74) is 2.53. The van der Waals surface area contributed by atoms with Crippen LogP contribution in [0.1, 0.15) is 49.3 Å². The Kier molecular flexibility index (Phi) is 6.24. The number of tetrazole rings is 1. The maximum atomic E-state index is 12.6. The maximum absolute atomic E-state index is 12.6. The van der Waals surface area contributed by atoms with Crippen molar-refractivity contribution in [3.63, 3.8) is 0 Å². The van der Waals surface area contributed by atoms with Crippen molar-refractivity contribution in [3.05, 3.63) is 71.8 Å². The summed E-state index contributed by atoms with van der Waals surface area (Å²) in [5.74, 6) is 0.267. The molecule has 1 unspecified atom stereocenters. The highest BCUT2D eigenvalue weighted by Crippen LogP contribution is 2.37. The van der Waals surface area contributed by atoms with Gasteiger partial charge in [-0.05, 0) is 47.7 Å². The van der Waals surface area contributed by atoms with E-state index in [4.69, 9.17) is 0 Å². The van der Waals surface area contributed by atoms with Crippen molar-refractivity contribution in [1.82, 2.24) is 25.5 Å². The predicted molar refractivity (Wildman–Crippen MR) is 114 cm³/mol. The number of hydrogen-bond donors (Lipinski definition) is 1. The lowest BCUT2D eigenvalue weighted by Crippen LogP contribution is -2.32. The third kappa shape index (κ3) is 5.03. The summed E-state index contributed by atoms with van der Waals surface area (Å²) in [6.45, 7) is 2.52. The van der Waals surface area contributed by atoms with E-state index in [-0.39, 0.29) is 17.1 Å². The van der Waals surface area contributed by atoms with Gasteiger partial charge in [-0.2, -0.15) is 0 Å². The van der Waals surface area contributed by atoms with Crippen LogP contribution in [0.4, 0.5) is 0 Å². The summed E-state index contributed by atoms with van der Waals surface area (Å²) in [6.07, 6.45) is 3.07. The molecule has 1 amide bonds. The second-order valence-corrected chi connectivity index (χ2v) is 8.66. The van der Waals surface area contributed by atoms with Gasteiger partial charge in [0.25, 0.3) is 0 Å². The lowest BCUT2D eigenvalue weighted by molar-refractivity contribution is -0.120. The third-order valence-corrected chi connectivity index (χ3v) is 6.19. The minimum absolute atomic E-state index is 0.0141. The summed E-state index contributed by atoms with van der Waals surface area (Å²) in [5, 5.41) is 15.4. The molecular weight excluding hydrogens is 382 g/mol. The van der Waals surface area contributed by atoms with Gasteiger partial charge in [-0.25, -0.2) is 4.68 Å². The highest BCUT2D eigenvalue weighted by atomic mass is 32.2. The first kappa shape index (κ1) is 19.6. The number of carbonyl (C=O) groups is 1. The van der Waals surface area contributed by atoms with Crippen molar-refractivity contribution in [2.24, 2.45) is 0 Å². The number of aromatic nitrogens is 4. The molecule has 1 aromatic heterocycles. The molecule has 2 aromatic carbocycles. The zero-order chi connectivity index (χ0) is 20.1. The second-order valence-electron chi connectivity index (χ2n) is 7.35. The summed E-state index contributed by atoms with van der Waals surface area (Å²) in [6, 6.07) is 21.3. The van der Waals surface area contributed by atoms with Crippen LogP contribution in [0.15, 0.2) is 65.8 Å². The highest BCUT2D eigenvalue weighted by molar-refractivity contribution is 8.00. The van der Waals surface area contributed by atoms with Crippen LogP contribution in [0, 0.1) is 0 Å². The van der Waals surface area contributed by atoms with Crippen LogP contribution < -0.4 is 5.32 Å². The zero-order valence-corrected chi connectivity index (χ0v) is 17.3. The normalized spacial score (nSPS) is 14.7. The van der Waals surface area contributed by atoms with Crippen LogP contribution in [0.2, 0.25) is 0 Å². The fourth-order valence-electron chi connectivity index (χ4n) is 3.40. The highest BCUT2D eigenvalue weighted by Gasteiger charge is 2.29. The van der Waals surface area contributed by atoms with Gasteiger partial charge >= 0.3 is 0 Å². The van der Waals surface area contributed by atoms with Gasteiger partial charge in [0.1, 0.15) is 0 Å². The Morgan fingerprint density at radius 1 is 1.10 bits per heavy atom. The molecule has 6 nitrogen and oxygen atoms in total. The Hall–Kier alpha value is -2.67. The largest absolute Gasteiger partial charge is 0.355 e. The van der Waals surface area contributed by atoms with Crippen molar-refractivity contribution in [1.29, 1.82) is 0 Å². The average molecular weight is 408 g/mol. The third-order valence-electron chi connectivity index (χ3n) is 5.14. The van der Waals surface area contributed by atoms with Crippen LogP contribution >= 0.6 is 11.8 Å². The first-order valence-corrected chi connectivity index (χ1v) is 10.9. The number of thioether (sulfide) groups is 1. The molecule has 1 atom stereocenters. The molecule has 0 spiro atoms. The number of nitrogens with one attached hydrogen (secondary N) is 1. The molecule has 1 N–H and O–H groups in total. The molecule has 0 saturated heterocycles. The number of rotatable bonds is 9. The lowest BCUT2D eigenvalue weighted by Gasteiger charge is -2.19. The van der Waals surface area contributed by atoms with Crippen LogP contribution in [-0.4, -0.2) is 37.9 Å². The number of nitrogens with zero attached hydrogens (tertiary/aromatic N) is 4. The van der Waals surface area contributed by atoms with Gasteiger partial charge in [0.05, 0.1) is 11.3 Å². The van der Waals surface area contributed by atoms with Crippen LogP contribution in [0.3, 0.4) is 0 Å². The van der Waals surface area contributed by atoms with E-state index in [2.05, 4.69) is 69.4 Å². The molecule has 1 saturated carbocycles. The van der Waals surface area contributed by atoms with Crippen LogP contribution in [0.25, 0.3) is 0 Å². The van der Waals surface area contributed by atoms with Gasteiger partial charge in [0.15, 0.2) is 0 Å². The van der Waals surface area contributed by atoms with Gasteiger partial charge in [-0.3, -0.25) is 4.79 Å². The molecule has 1 fully saturated rings. The average Bonchev–Trinajstić information content (AvgIpc) is 3.51. The van der Waals surface area contributed by atoms with Gasteiger partial charge < -0.3 is 5.32 Å². The van der Waals surface area contributed by atoms with Crippen molar-refractivity contribution >= 4 is 17.7 Å². The van der Waals surface area contributed by atoms with Gasteiger partial charge in [-0.15, -0.1) is 5.10 Å². The summed E-state index contributed by atoms with van der Waals surface area (Å²) in [7, 11) is 0. The van der Waals surface area contributed by atoms with E-state index < -0.39 is 0 Å². The number of hydrogen-bond acceptors (Lipinski definition) is 5. The molecule has 1 heterocycles. The number of benzene rings is 2. The minimum Gasteiger partial charge on any atom is -0.355 e. The van der Waals surface area contributed by atoms with E-state index >= 15 is 0 Å². The van der Waals surface area contributed by atoms with Crippen molar-refractivity contribution in [3.8, 4) is 0 Å². The molecule has 1 aliphatic rings. The first-order valence-electron chi connectivity index (χ1n) is 10.0. The predicted octanol–water partition coefficient (Wildman–Crippen LogP) is 3.83. The molecule has 4 rings (SSSR count). The van der Waals surface area contributed by atoms with E-state index in [1.165, 1.54) is 22.9 Å². The Morgan fingerprint density at radius 3 is 2.31 bits per heavy atom. The van der Waals surface area contributed by atoms with E-state index in [0.29, 0.717) is 12.6 Å². The topological polar surface area (TPSA) is 72.7 Å². The SMILES string of the molecule is CC(Sc1nnnn1C1CC1)C(=O)NCCC(c1ccccc1)c1ccccc1. The zero-order valence-electron chi connectivity index (χ0n) is 16.4. The van der Waals surface area contributed by atoms with E-state index in [0.717, 1.165) is 24.4 Å². The standard InChI is InChI=1S/C22H25N5OS/c1-16(29-22-24-25-26-27(22)19-12-13-19)21(28)23-15-14-20(17-8-4-2-5-9-17)18-10-6-3-7-11-18/h2-11,16,19-20H,12-15H2,1H3,(H,23,28). The second kappa shape index (κ2) is 9.22. The van der Waals surface area contributed by atoms with Gasteiger partial charge in [0.2, 0.25) is 11.1 Å². The monoisotopic (exact) mass is 407 g/mol. The van der Waals surface area contributed by atoms with Gasteiger partial charge in [-0.1, -0.05) is 72.4 Å². The number of amides is 1. The van der Waals surface area contributed by atoms with Crippen molar-refractivity contribution < 1.29 is 4.79 Å². The summed E-state index contributed by atoms with van der Waals surface area (Å²) >= 11 is 1.42. The van der Waals surface area contributed by atoms with Gasteiger partial charge in [0, 0.05) is 12.5 Å². The molecule has 29 heavy (non-hydrogen) atoms. The fraction of sp³-hybridized carbons (Fsp3) is 0.364. The van der Waals surface area contributed by atoms with Crippen LogP contribution in [0.5, 0.6) is 0 Å².